The highest BCUT2D eigenvalue weighted by Crippen LogP contribution is 2.38. The fraction of sp³-hybridized carbons (Fsp3) is 0.0851. The maximum atomic E-state index is 4.98. The molecule has 1 aliphatic carbocycles. The second-order valence-electron chi connectivity index (χ2n) is 13.5. The molecule has 7 aromatic carbocycles. The maximum absolute atomic E-state index is 4.98. The van der Waals surface area contributed by atoms with Crippen LogP contribution in [0.3, 0.4) is 0 Å². The first-order valence-corrected chi connectivity index (χ1v) is 17.5. The monoisotopic (exact) mass is 656 g/mol. The van der Waals surface area contributed by atoms with Gasteiger partial charge in [-0.25, -0.2) is 15.0 Å². The second kappa shape index (κ2) is 12.8. The molecule has 4 heteroatoms. The molecule has 0 bridgehead atoms. The highest BCUT2D eigenvalue weighted by molar-refractivity contribution is 5.90. The summed E-state index contributed by atoms with van der Waals surface area (Å²) in [5.41, 5.74) is 14.3. The lowest BCUT2D eigenvalue weighted by atomic mass is 9.84. The minimum Gasteiger partial charge on any atom is -0.310 e. The van der Waals surface area contributed by atoms with E-state index < -0.39 is 0 Å². The Morgan fingerprint density at radius 2 is 0.843 bits per heavy atom. The molecule has 8 aromatic rings. The SMILES string of the molecule is Cc1ccc(N(c2ccc(C)cc2)c2ccc3cc4c(cc3c2)Cc2ccc(-c3nc(-c5ccccc5)nc(-c5ccccc5)n3)cc2C4)cc1. The van der Waals surface area contributed by atoms with Gasteiger partial charge >= 0.3 is 0 Å². The van der Waals surface area contributed by atoms with Crippen LogP contribution in [-0.2, 0) is 12.8 Å². The van der Waals surface area contributed by atoms with Crippen LogP contribution in [0.5, 0.6) is 0 Å². The molecule has 0 aliphatic heterocycles. The van der Waals surface area contributed by atoms with Crippen molar-refractivity contribution in [2.75, 3.05) is 4.90 Å². The number of rotatable bonds is 6. The summed E-state index contributed by atoms with van der Waals surface area (Å²) in [4.78, 5) is 17.2. The van der Waals surface area contributed by atoms with Crippen molar-refractivity contribution in [3.8, 4) is 34.2 Å². The number of hydrogen-bond acceptors (Lipinski definition) is 4. The first-order valence-electron chi connectivity index (χ1n) is 17.5. The third-order valence-electron chi connectivity index (χ3n) is 9.91. The van der Waals surface area contributed by atoms with Gasteiger partial charge in [0, 0.05) is 33.8 Å². The van der Waals surface area contributed by atoms with E-state index in [1.54, 1.807) is 0 Å². The quantitative estimate of drug-likeness (QED) is 0.179. The normalized spacial score (nSPS) is 12.0. The van der Waals surface area contributed by atoms with Crippen LogP contribution in [0.4, 0.5) is 17.1 Å². The molecule has 0 N–H and O–H groups in total. The Morgan fingerprint density at radius 3 is 1.41 bits per heavy atom. The number of nitrogens with zero attached hydrogens (tertiary/aromatic N) is 4. The first-order chi connectivity index (χ1) is 25.0. The van der Waals surface area contributed by atoms with Crippen LogP contribution < -0.4 is 4.90 Å². The Bertz CT molecular complexity index is 2420. The number of fused-ring (bicyclic) bond motifs is 3. The number of aryl methyl sites for hydroxylation is 2. The lowest BCUT2D eigenvalue weighted by Crippen LogP contribution is -2.10. The summed E-state index contributed by atoms with van der Waals surface area (Å²) in [6.45, 7) is 4.27. The second-order valence-corrected chi connectivity index (χ2v) is 13.5. The van der Waals surface area contributed by atoms with E-state index in [9.17, 15) is 0 Å². The third kappa shape index (κ3) is 6.06. The lowest BCUT2D eigenvalue weighted by molar-refractivity contribution is 1.00. The molecule has 9 rings (SSSR count). The van der Waals surface area contributed by atoms with Crippen LogP contribution in [0.1, 0.15) is 33.4 Å². The Kier molecular flexibility index (Phi) is 7.70. The number of benzene rings is 7. The van der Waals surface area contributed by atoms with Gasteiger partial charge in [-0.05, 0) is 102 Å². The molecule has 0 saturated carbocycles. The van der Waals surface area contributed by atoms with E-state index in [0.717, 1.165) is 46.6 Å². The molecule has 0 atom stereocenters. The van der Waals surface area contributed by atoms with Crippen LogP contribution in [-0.4, -0.2) is 15.0 Å². The van der Waals surface area contributed by atoms with Crippen molar-refractivity contribution >= 4 is 27.8 Å². The van der Waals surface area contributed by atoms with Crippen molar-refractivity contribution in [2.45, 2.75) is 26.7 Å². The lowest BCUT2D eigenvalue weighted by Gasteiger charge is -2.26. The summed E-state index contributed by atoms with van der Waals surface area (Å²) in [6.07, 6.45) is 1.77. The fourth-order valence-electron chi connectivity index (χ4n) is 7.13. The van der Waals surface area contributed by atoms with Crippen molar-refractivity contribution in [3.63, 3.8) is 0 Å². The maximum Gasteiger partial charge on any atom is 0.164 e. The summed E-state index contributed by atoms with van der Waals surface area (Å²) in [7, 11) is 0. The van der Waals surface area contributed by atoms with Crippen LogP contribution in [0.25, 0.3) is 44.9 Å². The average molecular weight is 657 g/mol. The molecule has 4 nitrogen and oxygen atoms in total. The van der Waals surface area contributed by atoms with Crippen molar-refractivity contribution in [1.29, 1.82) is 0 Å². The smallest absolute Gasteiger partial charge is 0.164 e. The number of hydrogen-bond donors (Lipinski definition) is 0. The van der Waals surface area contributed by atoms with Gasteiger partial charge in [0.1, 0.15) is 0 Å². The standard InChI is InChI=1S/C47H36N4/c1-31-13-20-42(21-14-31)51(43-22-15-32(2)16-23-43)44-24-19-36-26-39-28-38-27-37(18-17-35(38)25-40(39)29-41(36)30-44)47-49-45(33-9-5-3-6-10-33)48-46(50-47)34-11-7-4-8-12-34/h3-24,26-27,29-30H,25,28H2,1-2H3. The van der Waals surface area contributed by atoms with Gasteiger partial charge < -0.3 is 4.90 Å². The topological polar surface area (TPSA) is 41.9 Å². The van der Waals surface area contributed by atoms with Gasteiger partial charge in [-0.1, -0.05) is 126 Å². The first kappa shape index (κ1) is 30.7. The van der Waals surface area contributed by atoms with Gasteiger partial charge in [-0.15, -0.1) is 0 Å². The minimum absolute atomic E-state index is 0.677. The molecule has 51 heavy (non-hydrogen) atoms. The molecular formula is C47H36N4. The molecule has 0 radical (unpaired) electrons. The van der Waals surface area contributed by atoms with Crippen molar-refractivity contribution in [1.82, 2.24) is 15.0 Å². The van der Waals surface area contributed by atoms with E-state index in [-0.39, 0.29) is 0 Å². The largest absolute Gasteiger partial charge is 0.310 e. The molecule has 0 spiro atoms. The number of anilines is 3. The zero-order chi connectivity index (χ0) is 34.3. The van der Waals surface area contributed by atoms with Crippen LogP contribution in [0.15, 0.2) is 158 Å². The predicted molar refractivity (Wildman–Crippen MR) is 210 cm³/mol. The van der Waals surface area contributed by atoms with Crippen molar-refractivity contribution in [3.05, 3.63) is 191 Å². The van der Waals surface area contributed by atoms with E-state index in [4.69, 9.17) is 15.0 Å². The molecule has 1 aromatic heterocycles. The van der Waals surface area contributed by atoms with E-state index in [2.05, 4.69) is 116 Å². The van der Waals surface area contributed by atoms with E-state index in [0.29, 0.717) is 17.5 Å². The molecule has 0 fully saturated rings. The van der Waals surface area contributed by atoms with Crippen molar-refractivity contribution in [2.24, 2.45) is 0 Å². The van der Waals surface area contributed by atoms with Gasteiger partial charge in [0.15, 0.2) is 17.5 Å². The highest BCUT2D eigenvalue weighted by Gasteiger charge is 2.20. The summed E-state index contributed by atoms with van der Waals surface area (Å²) in [5.74, 6) is 2.04. The van der Waals surface area contributed by atoms with E-state index >= 15 is 0 Å². The highest BCUT2D eigenvalue weighted by atomic mass is 15.1. The molecule has 0 saturated heterocycles. The van der Waals surface area contributed by atoms with E-state index in [1.165, 1.54) is 44.2 Å². The number of aromatic nitrogens is 3. The summed E-state index contributed by atoms with van der Waals surface area (Å²) < 4.78 is 0. The van der Waals surface area contributed by atoms with Crippen LogP contribution >= 0.6 is 0 Å². The molecule has 1 aliphatic rings. The molecule has 0 unspecified atom stereocenters. The molecule has 1 heterocycles. The summed E-state index contributed by atoms with van der Waals surface area (Å²) >= 11 is 0. The molecule has 0 amide bonds. The van der Waals surface area contributed by atoms with Crippen LogP contribution in [0.2, 0.25) is 0 Å². The van der Waals surface area contributed by atoms with Gasteiger partial charge in [0.05, 0.1) is 0 Å². The van der Waals surface area contributed by atoms with Gasteiger partial charge in [0.25, 0.3) is 0 Å². The van der Waals surface area contributed by atoms with Gasteiger partial charge in [0.2, 0.25) is 0 Å². The molecule has 244 valence electrons. The Morgan fingerprint density at radius 1 is 0.373 bits per heavy atom. The van der Waals surface area contributed by atoms with Crippen molar-refractivity contribution < 1.29 is 0 Å². The van der Waals surface area contributed by atoms with Gasteiger partial charge in [-0.3, -0.25) is 0 Å². The zero-order valence-corrected chi connectivity index (χ0v) is 28.7. The fourth-order valence-corrected chi connectivity index (χ4v) is 7.13. The summed E-state index contributed by atoms with van der Waals surface area (Å²) in [5, 5.41) is 2.50. The summed E-state index contributed by atoms with van der Waals surface area (Å²) in [6, 6.07) is 56.2. The Balaban J connectivity index is 1.07. The predicted octanol–water partition coefficient (Wildman–Crippen LogP) is 11.6. The van der Waals surface area contributed by atoms with Gasteiger partial charge in [-0.2, -0.15) is 0 Å². The average Bonchev–Trinajstić information content (AvgIpc) is 3.18. The Hall–Kier alpha value is -6.39. The Labute approximate surface area is 298 Å². The third-order valence-corrected chi connectivity index (χ3v) is 9.91. The molecular weight excluding hydrogens is 621 g/mol. The zero-order valence-electron chi connectivity index (χ0n) is 28.7. The van der Waals surface area contributed by atoms with Crippen LogP contribution in [0, 0.1) is 13.8 Å². The minimum atomic E-state index is 0.677. The van der Waals surface area contributed by atoms with E-state index in [1.807, 2.05) is 60.7 Å².